The summed E-state index contributed by atoms with van der Waals surface area (Å²) in [6, 6.07) is 4.21. The molecule has 0 radical (unpaired) electrons. The lowest BCUT2D eigenvalue weighted by Gasteiger charge is -2.32. The number of imidazole rings is 2. The van der Waals surface area contributed by atoms with Crippen LogP contribution < -0.4 is 0 Å². The molecule has 1 unspecified atom stereocenters. The van der Waals surface area contributed by atoms with Gasteiger partial charge in [0.2, 0.25) is 0 Å². The number of rotatable bonds is 4. The largest absolute Gasteiger partial charge is 0.337 e. The first-order chi connectivity index (χ1) is 11.3. The lowest BCUT2D eigenvalue weighted by atomic mass is 9.98. The highest BCUT2D eigenvalue weighted by Crippen LogP contribution is 2.20. The molecule has 1 aliphatic rings. The molecule has 0 N–H and O–H groups in total. The second-order valence-corrected chi connectivity index (χ2v) is 6.71. The van der Waals surface area contributed by atoms with E-state index < -0.39 is 0 Å². The maximum absolute atomic E-state index is 4.75. The van der Waals surface area contributed by atoms with Gasteiger partial charge in [-0.25, -0.2) is 9.97 Å². The minimum absolute atomic E-state index is 0.706. The Bertz CT molecular complexity index is 774. The second kappa shape index (κ2) is 6.16. The molecule has 0 aromatic carbocycles. The lowest BCUT2D eigenvalue weighted by Crippen LogP contribution is -2.36. The van der Waals surface area contributed by atoms with Gasteiger partial charge in [-0.15, -0.1) is 0 Å². The van der Waals surface area contributed by atoms with Crippen LogP contribution in [-0.2, 0) is 13.1 Å². The third-order valence-corrected chi connectivity index (χ3v) is 4.67. The van der Waals surface area contributed by atoms with Gasteiger partial charge in [0.05, 0.1) is 12.0 Å². The standard InChI is InChI=1S/C18H23N5/c1-15-4-5-18-20-17(13-23(18)9-15)12-21-7-2-3-16(10-21)11-22-8-6-19-14-22/h4-6,8-9,13-14,16H,2-3,7,10-12H2,1H3. The average Bonchev–Trinajstić information content (AvgIpc) is 3.16. The van der Waals surface area contributed by atoms with Crippen molar-refractivity contribution in [3.63, 3.8) is 0 Å². The van der Waals surface area contributed by atoms with Crippen molar-refractivity contribution in [2.75, 3.05) is 13.1 Å². The Morgan fingerprint density at radius 1 is 1.26 bits per heavy atom. The van der Waals surface area contributed by atoms with Gasteiger partial charge in [0.15, 0.2) is 0 Å². The number of aryl methyl sites for hydroxylation is 1. The Morgan fingerprint density at radius 3 is 3.09 bits per heavy atom. The summed E-state index contributed by atoms with van der Waals surface area (Å²) in [5.74, 6) is 0.706. The van der Waals surface area contributed by atoms with Crippen molar-refractivity contribution in [2.24, 2.45) is 5.92 Å². The molecule has 0 saturated carbocycles. The smallest absolute Gasteiger partial charge is 0.137 e. The van der Waals surface area contributed by atoms with E-state index in [1.165, 1.54) is 30.6 Å². The molecule has 1 atom stereocenters. The fraction of sp³-hybridized carbons (Fsp3) is 0.444. The Hall–Kier alpha value is -2.14. The molecular weight excluding hydrogens is 286 g/mol. The fourth-order valence-electron chi connectivity index (χ4n) is 3.60. The topological polar surface area (TPSA) is 38.4 Å². The SMILES string of the molecule is Cc1ccc2nc(CN3CCCC(Cn4ccnc4)C3)cn2c1. The molecule has 4 rings (SSSR count). The lowest BCUT2D eigenvalue weighted by molar-refractivity contribution is 0.154. The van der Waals surface area contributed by atoms with Gasteiger partial charge in [0.1, 0.15) is 5.65 Å². The van der Waals surface area contributed by atoms with Crippen molar-refractivity contribution in [1.82, 2.24) is 23.8 Å². The van der Waals surface area contributed by atoms with E-state index in [2.05, 4.69) is 56.5 Å². The Labute approximate surface area is 136 Å². The molecule has 0 amide bonds. The Balaban J connectivity index is 1.42. The summed E-state index contributed by atoms with van der Waals surface area (Å²) in [6.07, 6.45) is 12.7. The normalized spacial score (nSPS) is 19.4. The maximum atomic E-state index is 4.75. The number of piperidine rings is 1. The van der Waals surface area contributed by atoms with E-state index in [0.717, 1.165) is 25.3 Å². The minimum atomic E-state index is 0.706. The van der Waals surface area contributed by atoms with E-state index in [1.807, 2.05) is 12.5 Å². The molecule has 1 saturated heterocycles. The minimum Gasteiger partial charge on any atom is -0.337 e. The van der Waals surface area contributed by atoms with Crippen LogP contribution in [0.4, 0.5) is 0 Å². The van der Waals surface area contributed by atoms with Crippen molar-refractivity contribution in [1.29, 1.82) is 0 Å². The molecule has 5 nitrogen and oxygen atoms in total. The summed E-state index contributed by atoms with van der Waals surface area (Å²) in [4.78, 5) is 11.4. The van der Waals surface area contributed by atoms with Crippen molar-refractivity contribution < 1.29 is 0 Å². The predicted octanol–water partition coefficient (Wildman–Crippen LogP) is 2.75. The fourth-order valence-corrected chi connectivity index (χ4v) is 3.60. The van der Waals surface area contributed by atoms with Crippen LogP contribution in [0.15, 0.2) is 43.2 Å². The van der Waals surface area contributed by atoms with Crippen LogP contribution in [-0.4, -0.2) is 36.9 Å². The van der Waals surface area contributed by atoms with Gasteiger partial charge in [-0.05, 0) is 43.9 Å². The number of hydrogen-bond acceptors (Lipinski definition) is 3. The van der Waals surface area contributed by atoms with Gasteiger partial charge in [-0.2, -0.15) is 0 Å². The van der Waals surface area contributed by atoms with E-state index in [1.54, 1.807) is 0 Å². The van der Waals surface area contributed by atoms with E-state index in [9.17, 15) is 0 Å². The molecule has 120 valence electrons. The monoisotopic (exact) mass is 309 g/mol. The summed E-state index contributed by atoms with van der Waals surface area (Å²) in [5.41, 5.74) is 3.47. The zero-order valence-corrected chi connectivity index (χ0v) is 13.6. The van der Waals surface area contributed by atoms with Gasteiger partial charge in [0, 0.05) is 44.4 Å². The van der Waals surface area contributed by atoms with E-state index in [4.69, 9.17) is 4.98 Å². The van der Waals surface area contributed by atoms with Gasteiger partial charge in [-0.3, -0.25) is 4.90 Å². The first-order valence-corrected chi connectivity index (χ1v) is 8.38. The van der Waals surface area contributed by atoms with Gasteiger partial charge in [-0.1, -0.05) is 6.07 Å². The van der Waals surface area contributed by atoms with Crippen LogP contribution in [0.1, 0.15) is 24.1 Å². The Kier molecular flexibility index (Phi) is 3.87. The molecule has 0 bridgehead atoms. The predicted molar refractivity (Wildman–Crippen MR) is 90.2 cm³/mol. The molecule has 4 heterocycles. The second-order valence-electron chi connectivity index (χ2n) is 6.71. The molecule has 0 aliphatic carbocycles. The third kappa shape index (κ3) is 3.29. The van der Waals surface area contributed by atoms with Crippen molar-refractivity contribution in [3.8, 4) is 0 Å². The molecule has 0 spiro atoms. The van der Waals surface area contributed by atoms with Crippen LogP contribution in [0.3, 0.4) is 0 Å². The van der Waals surface area contributed by atoms with E-state index in [-0.39, 0.29) is 0 Å². The quantitative estimate of drug-likeness (QED) is 0.744. The summed E-state index contributed by atoms with van der Waals surface area (Å²) in [6.45, 7) is 6.45. The molecule has 1 fully saturated rings. The molecule has 3 aromatic rings. The molecular formula is C18H23N5. The van der Waals surface area contributed by atoms with E-state index in [0.29, 0.717) is 5.92 Å². The van der Waals surface area contributed by atoms with Crippen LogP contribution in [0.2, 0.25) is 0 Å². The molecule has 23 heavy (non-hydrogen) atoms. The zero-order valence-electron chi connectivity index (χ0n) is 13.6. The van der Waals surface area contributed by atoms with Crippen molar-refractivity contribution >= 4 is 5.65 Å². The van der Waals surface area contributed by atoms with Gasteiger partial charge < -0.3 is 8.97 Å². The first kappa shape index (κ1) is 14.5. The highest BCUT2D eigenvalue weighted by molar-refractivity contribution is 5.41. The number of nitrogens with zero attached hydrogens (tertiary/aromatic N) is 5. The molecule has 1 aliphatic heterocycles. The molecule has 3 aromatic heterocycles. The number of pyridine rings is 1. The van der Waals surface area contributed by atoms with Crippen molar-refractivity contribution in [2.45, 2.75) is 32.9 Å². The summed E-state index contributed by atoms with van der Waals surface area (Å²) in [5, 5.41) is 0. The van der Waals surface area contributed by atoms with Crippen LogP contribution >= 0.6 is 0 Å². The highest BCUT2D eigenvalue weighted by atomic mass is 15.2. The zero-order chi connectivity index (χ0) is 15.6. The maximum Gasteiger partial charge on any atom is 0.137 e. The molecule has 5 heteroatoms. The third-order valence-electron chi connectivity index (χ3n) is 4.67. The highest BCUT2D eigenvalue weighted by Gasteiger charge is 2.21. The summed E-state index contributed by atoms with van der Waals surface area (Å²) >= 11 is 0. The average molecular weight is 309 g/mol. The summed E-state index contributed by atoms with van der Waals surface area (Å²) < 4.78 is 4.33. The van der Waals surface area contributed by atoms with E-state index >= 15 is 0 Å². The first-order valence-electron chi connectivity index (χ1n) is 8.38. The van der Waals surface area contributed by atoms with Crippen LogP contribution in [0.5, 0.6) is 0 Å². The number of likely N-dealkylation sites (tertiary alicyclic amines) is 1. The number of fused-ring (bicyclic) bond motifs is 1. The number of aromatic nitrogens is 4. The van der Waals surface area contributed by atoms with Crippen LogP contribution in [0, 0.1) is 12.8 Å². The van der Waals surface area contributed by atoms with Gasteiger partial charge in [0.25, 0.3) is 0 Å². The van der Waals surface area contributed by atoms with Crippen LogP contribution in [0.25, 0.3) is 5.65 Å². The number of hydrogen-bond donors (Lipinski definition) is 0. The summed E-state index contributed by atoms with van der Waals surface area (Å²) in [7, 11) is 0. The van der Waals surface area contributed by atoms with Gasteiger partial charge >= 0.3 is 0 Å². The Morgan fingerprint density at radius 2 is 2.22 bits per heavy atom. The van der Waals surface area contributed by atoms with Crippen molar-refractivity contribution in [3.05, 3.63) is 54.5 Å².